The molecule has 0 amide bonds. The fourth-order valence-corrected chi connectivity index (χ4v) is 6.00. The van der Waals surface area contributed by atoms with Gasteiger partial charge >= 0.3 is 0 Å². The van der Waals surface area contributed by atoms with Crippen molar-refractivity contribution in [1.82, 2.24) is 5.32 Å². The minimum absolute atomic E-state index is 0.0431. The smallest absolute Gasteiger partial charge is 0.229 e. The summed E-state index contributed by atoms with van der Waals surface area (Å²) >= 11 is 0. The highest BCUT2D eigenvalue weighted by Gasteiger charge is 2.48. The number of ketones is 2. The maximum Gasteiger partial charge on any atom is 0.229 e. The van der Waals surface area contributed by atoms with E-state index in [2.05, 4.69) is 10.3 Å². The van der Waals surface area contributed by atoms with Crippen molar-refractivity contribution in [3.05, 3.63) is 81.7 Å². The Hall–Kier alpha value is -4.47. The molecule has 2 aromatic rings. The molecule has 238 valence electrons. The minimum atomic E-state index is -1.48. The standard InChI is InChI=1S/C31H35N5O9/c32-21-11-14(5-8-35-21)6-10-43-29-27(41)25(39)20-13-42-9-7-19(36-31(33)34)17-12-18-22(26(40)28(17)45-30(29)44-20)24(38)16-4-2-1-3-15(16)23(18)37/h1-5,11-12,19-20,25,27,29-30,35,39-41H,6-10,13,32H2,(H4,33,34,36). The van der Waals surface area contributed by atoms with Gasteiger partial charge in [-0.3, -0.25) is 9.59 Å². The number of nitrogens with two attached hydrogens (primary N) is 3. The first-order chi connectivity index (χ1) is 21.6. The number of allylic oxidation sites excluding steroid dienone is 1. The number of aliphatic hydroxyl groups excluding tert-OH is 2. The van der Waals surface area contributed by atoms with Gasteiger partial charge in [0, 0.05) is 35.4 Å². The van der Waals surface area contributed by atoms with Crippen LogP contribution in [0, 0.1) is 0 Å². The summed E-state index contributed by atoms with van der Waals surface area (Å²) in [5.41, 5.74) is 18.5. The average molecular weight is 622 g/mol. The Balaban J connectivity index is 1.42. The third-order valence-corrected chi connectivity index (χ3v) is 8.24. The van der Waals surface area contributed by atoms with Crippen molar-refractivity contribution < 1.29 is 43.9 Å². The van der Waals surface area contributed by atoms with Crippen LogP contribution in [0.25, 0.3) is 0 Å². The lowest BCUT2D eigenvalue weighted by atomic mass is 9.81. The summed E-state index contributed by atoms with van der Waals surface area (Å²) in [5, 5.41) is 36.8. The summed E-state index contributed by atoms with van der Waals surface area (Å²) in [4.78, 5) is 31.5. The number of phenols is 1. The Morgan fingerprint density at radius 1 is 1.09 bits per heavy atom. The van der Waals surface area contributed by atoms with Gasteiger partial charge in [0.1, 0.15) is 24.4 Å². The number of nitrogens with one attached hydrogen (secondary N) is 1. The molecule has 3 heterocycles. The lowest BCUT2D eigenvalue weighted by molar-refractivity contribution is -0.289. The van der Waals surface area contributed by atoms with Gasteiger partial charge in [0.25, 0.3) is 0 Å². The molecule has 1 saturated heterocycles. The van der Waals surface area contributed by atoms with E-state index in [1.807, 2.05) is 6.08 Å². The van der Waals surface area contributed by atoms with Gasteiger partial charge in [0.2, 0.25) is 6.29 Å². The number of guanidine groups is 1. The number of aliphatic hydroxyl groups is 2. The van der Waals surface area contributed by atoms with Gasteiger partial charge in [-0.25, -0.2) is 4.99 Å². The summed E-state index contributed by atoms with van der Waals surface area (Å²) in [5.74, 6) is -1.65. The molecule has 0 aromatic heterocycles. The molecular formula is C31H35N5O9. The first-order valence-corrected chi connectivity index (χ1v) is 14.6. The number of rotatable bonds is 5. The normalized spacial score (nSPS) is 27.7. The molecule has 14 heteroatoms. The zero-order chi connectivity index (χ0) is 31.8. The second kappa shape index (κ2) is 12.5. The van der Waals surface area contributed by atoms with E-state index in [9.17, 15) is 24.9 Å². The summed E-state index contributed by atoms with van der Waals surface area (Å²) in [7, 11) is 0. The van der Waals surface area contributed by atoms with Crippen LogP contribution in [0.4, 0.5) is 0 Å². The molecule has 1 fully saturated rings. The van der Waals surface area contributed by atoms with Crippen molar-refractivity contribution in [2.24, 2.45) is 22.2 Å². The topological polar surface area (TPSA) is 234 Å². The zero-order valence-corrected chi connectivity index (χ0v) is 24.2. The van der Waals surface area contributed by atoms with E-state index in [1.54, 1.807) is 18.2 Å². The van der Waals surface area contributed by atoms with Crippen molar-refractivity contribution in [3.8, 4) is 11.5 Å². The van der Waals surface area contributed by atoms with Crippen LogP contribution in [0.3, 0.4) is 0 Å². The number of dihydropyridines is 1. The lowest BCUT2D eigenvalue weighted by Gasteiger charge is -2.42. The first kappa shape index (κ1) is 30.6. The Labute approximate surface area is 258 Å². The molecule has 1 aliphatic carbocycles. The number of hydrogen-bond acceptors (Lipinski definition) is 12. The Morgan fingerprint density at radius 3 is 2.58 bits per heavy atom. The summed E-state index contributed by atoms with van der Waals surface area (Å²) in [6.45, 7) is 0.608. The van der Waals surface area contributed by atoms with Crippen LogP contribution < -0.4 is 27.3 Å². The maximum atomic E-state index is 13.6. The number of aromatic hydroxyl groups is 1. The van der Waals surface area contributed by atoms with Crippen molar-refractivity contribution in [2.75, 3.05) is 26.4 Å². The van der Waals surface area contributed by atoms with Gasteiger partial charge < -0.3 is 56.8 Å². The van der Waals surface area contributed by atoms with E-state index in [4.69, 9.17) is 36.1 Å². The summed E-state index contributed by atoms with van der Waals surface area (Å²) in [6.07, 6.45) is -2.25. The van der Waals surface area contributed by atoms with Crippen LogP contribution in [0.2, 0.25) is 0 Å². The second-order valence-corrected chi connectivity index (χ2v) is 11.2. The van der Waals surface area contributed by atoms with Gasteiger partial charge in [-0.05, 0) is 30.6 Å². The third-order valence-electron chi connectivity index (χ3n) is 8.24. The highest BCUT2D eigenvalue weighted by Crippen LogP contribution is 2.46. The van der Waals surface area contributed by atoms with E-state index < -0.39 is 54.1 Å². The molecule has 2 aromatic carbocycles. The van der Waals surface area contributed by atoms with E-state index in [0.717, 1.165) is 5.57 Å². The fourth-order valence-electron chi connectivity index (χ4n) is 6.00. The van der Waals surface area contributed by atoms with Crippen LogP contribution in [0.1, 0.15) is 56.3 Å². The van der Waals surface area contributed by atoms with Gasteiger partial charge in [0.15, 0.2) is 29.0 Å². The highest BCUT2D eigenvalue weighted by molar-refractivity contribution is 6.29. The van der Waals surface area contributed by atoms with Gasteiger partial charge in [-0.2, -0.15) is 0 Å². The van der Waals surface area contributed by atoms with Gasteiger partial charge in [0.05, 0.1) is 30.6 Å². The lowest BCUT2D eigenvalue weighted by Crippen LogP contribution is -2.61. The highest BCUT2D eigenvalue weighted by atomic mass is 16.7. The summed E-state index contributed by atoms with van der Waals surface area (Å²) < 4.78 is 24.1. The predicted octanol–water partition coefficient (Wildman–Crippen LogP) is -0.167. The molecule has 0 spiro atoms. The monoisotopic (exact) mass is 621 g/mol. The van der Waals surface area contributed by atoms with Crippen molar-refractivity contribution in [3.63, 3.8) is 0 Å². The van der Waals surface area contributed by atoms with Crippen LogP contribution in [0.15, 0.2) is 58.9 Å². The van der Waals surface area contributed by atoms with Crippen molar-refractivity contribution in [1.29, 1.82) is 0 Å². The molecule has 2 bridgehead atoms. The Kier molecular flexibility index (Phi) is 8.48. The van der Waals surface area contributed by atoms with Crippen LogP contribution in [-0.4, -0.2) is 89.9 Å². The number of carbonyl (C=O) groups excluding carboxylic acids is 2. The van der Waals surface area contributed by atoms with E-state index in [1.165, 1.54) is 18.2 Å². The number of nitrogens with zero attached hydrogens (tertiary/aromatic N) is 1. The Bertz CT molecular complexity index is 1600. The predicted molar refractivity (Wildman–Crippen MR) is 159 cm³/mol. The maximum absolute atomic E-state index is 13.6. The molecule has 4 aliphatic rings. The fraction of sp³-hybridized carbons (Fsp3) is 0.387. The van der Waals surface area contributed by atoms with E-state index >= 15 is 0 Å². The van der Waals surface area contributed by atoms with Gasteiger partial charge in [-0.15, -0.1) is 0 Å². The molecule has 45 heavy (non-hydrogen) atoms. The molecule has 6 rings (SSSR count). The van der Waals surface area contributed by atoms with Crippen LogP contribution >= 0.6 is 0 Å². The number of benzene rings is 2. The number of hydrogen-bond donors (Lipinski definition) is 7. The molecule has 0 saturated carbocycles. The SMILES string of the molecule is NC1=CC(CCOC2C3Oc4c(cc5c(c4O)C(=O)c4ccccc4C5=O)C(N=C(N)N)CCOCC(O3)C(O)C2O)=CCN1. The second-order valence-electron chi connectivity index (χ2n) is 11.2. The number of ether oxygens (including phenoxy) is 4. The number of fused-ring (bicyclic) bond motifs is 5. The van der Waals surface area contributed by atoms with E-state index in [-0.39, 0.29) is 65.8 Å². The Morgan fingerprint density at radius 2 is 1.84 bits per heavy atom. The largest absolute Gasteiger partial charge is 0.504 e. The number of aliphatic imine (C=N–C) groups is 1. The van der Waals surface area contributed by atoms with Crippen molar-refractivity contribution in [2.45, 2.75) is 49.6 Å². The molecular weight excluding hydrogens is 586 g/mol. The first-order valence-electron chi connectivity index (χ1n) is 14.6. The zero-order valence-electron chi connectivity index (χ0n) is 24.2. The van der Waals surface area contributed by atoms with Crippen molar-refractivity contribution >= 4 is 17.5 Å². The summed E-state index contributed by atoms with van der Waals surface area (Å²) in [6, 6.07) is 6.86. The molecule has 3 aliphatic heterocycles. The molecule has 14 nitrogen and oxygen atoms in total. The van der Waals surface area contributed by atoms with Crippen LogP contribution in [0.5, 0.6) is 11.5 Å². The number of phenolic OH excluding ortho intramolecular Hbond substituents is 1. The van der Waals surface area contributed by atoms with Crippen LogP contribution in [-0.2, 0) is 14.2 Å². The van der Waals surface area contributed by atoms with E-state index in [0.29, 0.717) is 18.8 Å². The average Bonchev–Trinajstić information content (AvgIpc) is 3.04. The third kappa shape index (κ3) is 5.85. The molecule has 6 atom stereocenters. The molecule has 0 radical (unpaired) electrons. The minimum Gasteiger partial charge on any atom is -0.504 e. The number of carbonyl (C=O) groups is 2. The van der Waals surface area contributed by atoms with Gasteiger partial charge in [-0.1, -0.05) is 30.3 Å². The molecule has 10 N–H and O–H groups in total. The quantitative estimate of drug-likeness (QED) is 0.145. The molecule has 6 unspecified atom stereocenters.